The highest BCUT2D eigenvalue weighted by Gasteiger charge is 2.39. The average molecular weight is 453 g/mol. The van der Waals surface area contributed by atoms with E-state index in [4.69, 9.17) is 4.74 Å². The maximum atomic E-state index is 12.8. The summed E-state index contributed by atoms with van der Waals surface area (Å²) >= 11 is 0. The molecule has 3 aromatic rings. The normalized spacial score (nSPS) is 23.8. The summed E-state index contributed by atoms with van der Waals surface area (Å²) in [6.45, 7) is -0.290. The number of ether oxygens (including phenoxy) is 1. The predicted molar refractivity (Wildman–Crippen MR) is 102 cm³/mol. The zero-order valence-electron chi connectivity index (χ0n) is 16.2. The minimum absolute atomic E-state index is 0.109. The van der Waals surface area contributed by atoms with Crippen LogP contribution in [0, 0.1) is 0 Å². The van der Waals surface area contributed by atoms with E-state index in [9.17, 15) is 28.2 Å². The standard InChI is InChI=1S/C18H18F3N7O4/c19-18(20,21)12-4-22-5-13(28-12)26-10-6-32-11(15(30)14(10)29)3-23-17(31)9-2-1-8-16(27-9)25-7-24-8/h1-2,4-5,7,10-11,14-15,29-30H,3,6H2,(H,23,31)(H,26,28)(H,24,25,27)/t10-,11+,14+,15-/m0/s1. The number of alkyl halides is 3. The molecular weight excluding hydrogens is 435 g/mol. The van der Waals surface area contributed by atoms with Gasteiger partial charge in [-0.2, -0.15) is 13.2 Å². The van der Waals surface area contributed by atoms with Gasteiger partial charge in [-0.3, -0.25) is 9.78 Å². The summed E-state index contributed by atoms with van der Waals surface area (Å²) in [6, 6.07) is 2.20. The van der Waals surface area contributed by atoms with Gasteiger partial charge in [0.1, 0.15) is 29.8 Å². The summed E-state index contributed by atoms with van der Waals surface area (Å²) in [6.07, 6.45) is -5.38. The molecule has 5 N–H and O–H groups in total. The van der Waals surface area contributed by atoms with Crippen LogP contribution in [0.3, 0.4) is 0 Å². The lowest BCUT2D eigenvalue weighted by Gasteiger charge is -2.38. The van der Waals surface area contributed by atoms with Gasteiger partial charge in [0, 0.05) is 6.54 Å². The SMILES string of the molecule is O=C(NC[C@H]1OC[C@H](Nc2cncc(C(F)(F)F)n2)[C@@H](O)[C@H]1O)c1ccc2[nH]cnc2n1. The van der Waals surface area contributed by atoms with Crippen LogP contribution in [0.4, 0.5) is 19.0 Å². The van der Waals surface area contributed by atoms with Gasteiger partial charge in [-0.15, -0.1) is 0 Å². The molecule has 11 nitrogen and oxygen atoms in total. The smallest absolute Gasteiger partial charge is 0.388 e. The lowest BCUT2D eigenvalue weighted by atomic mass is 9.98. The fourth-order valence-electron chi connectivity index (χ4n) is 3.18. The largest absolute Gasteiger partial charge is 0.434 e. The van der Waals surface area contributed by atoms with Crippen LogP contribution >= 0.6 is 0 Å². The number of halogens is 3. The van der Waals surface area contributed by atoms with Crippen LogP contribution in [0.5, 0.6) is 0 Å². The third kappa shape index (κ3) is 4.61. The van der Waals surface area contributed by atoms with Crippen molar-refractivity contribution in [2.45, 2.75) is 30.5 Å². The van der Waals surface area contributed by atoms with Crippen LogP contribution in [-0.2, 0) is 10.9 Å². The van der Waals surface area contributed by atoms with Crippen molar-refractivity contribution in [1.82, 2.24) is 30.2 Å². The second kappa shape index (κ2) is 8.64. The van der Waals surface area contributed by atoms with E-state index < -0.39 is 42.1 Å². The minimum atomic E-state index is -4.67. The molecule has 0 unspecified atom stereocenters. The van der Waals surface area contributed by atoms with Crippen molar-refractivity contribution in [3.8, 4) is 0 Å². The van der Waals surface area contributed by atoms with Crippen molar-refractivity contribution < 1.29 is 32.9 Å². The zero-order valence-corrected chi connectivity index (χ0v) is 16.2. The number of nitrogens with zero attached hydrogens (tertiary/aromatic N) is 4. The summed E-state index contributed by atoms with van der Waals surface area (Å²) in [4.78, 5) is 30.2. The van der Waals surface area contributed by atoms with Crippen molar-refractivity contribution in [3.63, 3.8) is 0 Å². The molecule has 4 rings (SSSR count). The van der Waals surface area contributed by atoms with E-state index in [0.29, 0.717) is 17.4 Å². The summed E-state index contributed by atoms with van der Waals surface area (Å²) < 4.78 is 43.8. The molecule has 1 aliphatic rings. The molecule has 1 saturated heterocycles. The van der Waals surface area contributed by atoms with Gasteiger partial charge in [0.15, 0.2) is 11.3 Å². The Morgan fingerprint density at radius 2 is 2.03 bits per heavy atom. The van der Waals surface area contributed by atoms with Crippen LogP contribution in [-0.4, -0.2) is 78.5 Å². The Balaban J connectivity index is 1.34. The van der Waals surface area contributed by atoms with Crippen LogP contribution in [0.15, 0.2) is 30.9 Å². The molecule has 1 aliphatic heterocycles. The molecule has 1 amide bonds. The summed E-state index contributed by atoms with van der Waals surface area (Å²) in [5, 5.41) is 25.9. The number of aromatic nitrogens is 5. The molecule has 14 heteroatoms. The molecule has 0 aliphatic carbocycles. The Hall–Kier alpha value is -3.36. The van der Waals surface area contributed by atoms with Crippen LogP contribution in [0.2, 0.25) is 0 Å². The lowest BCUT2D eigenvalue weighted by molar-refractivity contribution is -0.141. The third-order valence-corrected chi connectivity index (χ3v) is 4.87. The van der Waals surface area contributed by atoms with Gasteiger partial charge in [0.05, 0.1) is 36.9 Å². The number of pyridine rings is 1. The number of hydrogen-bond acceptors (Lipinski definition) is 9. The summed E-state index contributed by atoms with van der Waals surface area (Å²) in [5.74, 6) is -0.758. The molecule has 3 aromatic heterocycles. The monoisotopic (exact) mass is 453 g/mol. The maximum absolute atomic E-state index is 12.8. The number of rotatable bonds is 5. The van der Waals surface area contributed by atoms with Crippen molar-refractivity contribution >= 4 is 22.9 Å². The van der Waals surface area contributed by atoms with E-state index in [2.05, 4.69) is 35.6 Å². The van der Waals surface area contributed by atoms with E-state index in [1.807, 2.05) is 0 Å². The number of aliphatic hydroxyl groups excluding tert-OH is 2. The number of hydrogen-bond donors (Lipinski definition) is 5. The molecule has 4 heterocycles. The molecule has 0 aromatic carbocycles. The number of imidazole rings is 1. The highest BCUT2D eigenvalue weighted by atomic mass is 19.4. The van der Waals surface area contributed by atoms with Crippen molar-refractivity contribution in [3.05, 3.63) is 42.2 Å². The number of anilines is 1. The number of H-pyrrole nitrogens is 1. The summed E-state index contributed by atoms with van der Waals surface area (Å²) in [7, 11) is 0. The molecular formula is C18H18F3N7O4. The molecule has 4 atom stereocenters. The van der Waals surface area contributed by atoms with Crippen LogP contribution in [0.25, 0.3) is 11.2 Å². The van der Waals surface area contributed by atoms with Gasteiger partial charge >= 0.3 is 6.18 Å². The molecule has 0 radical (unpaired) electrons. The maximum Gasteiger partial charge on any atom is 0.434 e. The fourth-order valence-corrected chi connectivity index (χ4v) is 3.18. The molecule has 0 spiro atoms. The number of aromatic amines is 1. The van der Waals surface area contributed by atoms with Crippen LogP contribution < -0.4 is 10.6 Å². The molecule has 1 fully saturated rings. The van der Waals surface area contributed by atoms with Gasteiger partial charge in [-0.25, -0.2) is 15.0 Å². The van der Waals surface area contributed by atoms with Crippen molar-refractivity contribution in [1.29, 1.82) is 0 Å². The fraction of sp³-hybridized carbons (Fsp3) is 0.389. The molecule has 0 saturated carbocycles. The van der Waals surface area contributed by atoms with Gasteiger partial charge in [0.25, 0.3) is 5.91 Å². The van der Waals surface area contributed by atoms with Gasteiger partial charge in [-0.1, -0.05) is 0 Å². The lowest BCUT2D eigenvalue weighted by Crippen LogP contribution is -2.58. The number of fused-ring (bicyclic) bond motifs is 1. The quantitative estimate of drug-likeness (QED) is 0.361. The highest BCUT2D eigenvalue weighted by molar-refractivity contribution is 5.93. The first-order valence-corrected chi connectivity index (χ1v) is 9.44. The Labute approximate surface area is 178 Å². The Morgan fingerprint density at radius 1 is 1.22 bits per heavy atom. The average Bonchev–Trinajstić information content (AvgIpc) is 3.24. The third-order valence-electron chi connectivity index (χ3n) is 4.87. The van der Waals surface area contributed by atoms with Crippen molar-refractivity contribution in [2.75, 3.05) is 18.5 Å². The van der Waals surface area contributed by atoms with E-state index >= 15 is 0 Å². The number of aliphatic hydroxyl groups is 2. The van der Waals surface area contributed by atoms with E-state index in [-0.39, 0.29) is 24.7 Å². The molecule has 0 bridgehead atoms. The zero-order chi connectivity index (χ0) is 22.9. The predicted octanol–water partition coefficient (Wildman–Crippen LogP) is 0.0978. The number of carbonyl (C=O) groups excluding carboxylic acids is 1. The van der Waals surface area contributed by atoms with Crippen LogP contribution in [0.1, 0.15) is 16.2 Å². The Bertz CT molecular complexity index is 1110. The van der Waals surface area contributed by atoms with E-state index in [1.54, 1.807) is 6.07 Å². The molecule has 32 heavy (non-hydrogen) atoms. The van der Waals surface area contributed by atoms with Gasteiger partial charge < -0.3 is 30.6 Å². The Morgan fingerprint density at radius 3 is 2.81 bits per heavy atom. The number of amides is 1. The second-order valence-electron chi connectivity index (χ2n) is 7.07. The van der Waals surface area contributed by atoms with Gasteiger partial charge in [0.2, 0.25) is 0 Å². The highest BCUT2D eigenvalue weighted by Crippen LogP contribution is 2.28. The first-order chi connectivity index (χ1) is 15.2. The second-order valence-corrected chi connectivity index (χ2v) is 7.07. The minimum Gasteiger partial charge on any atom is -0.388 e. The van der Waals surface area contributed by atoms with Gasteiger partial charge in [-0.05, 0) is 12.1 Å². The van der Waals surface area contributed by atoms with E-state index in [1.165, 1.54) is 12.4 Å². The molecule has 170 valence electrons. The summed E-state index contributed by atoms with van der Waals surface area (Å²) in [5.41, 5.74) is -0.0528. The van der Waals surface area contributed by atoms with Crippen molar-refractivity contribution in [2.24, 2.45) is 0 Å². The first-order valence-electron chi connectivity index (χ1n) is 9.44. The topological polar surface area (TPSA) is 158 Å². The number of carbonyl (C=O) groups is 1. The first kappa shape index (κ1) is 21.9. The van der Waals surface area contributed by atoms with E-state index in [0.717, 1.165) is 6.20 Å². The number of nitrogens with one attached hydrogen (secondary N) is 3. The Kier molecular flexibility index (Phi) is 5.90.